The van der Waals surface area contributed by atoms with Crippen LogP contribution in [0.1, 0.15) is 16.3 Å². The van der Waals surface area contributed by atoms with E-state index in [1.165, 1.54) is 11.3 Å². The zero-order valence-electron chi connectivity index (χ0n) is 10.3. The molecule has 0 atom stereocenters. The van der Waals surface area contributed by atoms with Crippen LogP contribution in [-0.2, 0) is 23.5 Å². The lowest BCUT2D eigenvalue weighted by Gasteiger charge is -2.03. The molecule has 2 heterocycles. The Labute approximate surface area is 120 Å². The van der Waals surface area contributed by atoms with Crippen LogP contribution in [-0.4, -0.2) is 22.4 Å². The number of carbonyl (C=O) groups is 1. The average Bonchev–Trinajstić information content (AvgIpc) is 2.87. The molecule has 4 nitrogen and oxygen atoms in total. The third kappa shape index (κ3) is 4.61. The van der Waals surface area contributed by atoms with Crippen molar-refractivity contribution in [1.29, 1.82) is 0 Å². The molecule has 0 saturated heterocycles. The first-order valence-electron chi connectivity index (χ1n) is 5.93. The summed E-state index contributed by atoms with van der Waals surface area (Å²) in [6, 6.07) is 3.88. The lowest BCUT2D eigenvalue weighted by atomic mass is 10.2. The Bertz CT molecular complexity index is 530. The Kier molecular flexibility index (Phi) is 5.30. The number of rotatable bonds is 6. The van der Waals surface area contributed by atoms with E-state index in [0.717, 1.165) is 22.7 Å². The molecule has 2 aromatic heterocycles. The lowest BCUT2D eigenvalue weighted by Crippen LogP contribution is -2.27. The first kappa shape index (κ1) is 14.0. The molecule has 0 aliphatic carbocycles. The predicted molar refractivity (Wildman–Crippen MR) is 76.3 cm³/mol. The Hall–Kier alpha value is -1.46. The lowest BCUT2D eigenvalue weighted by molar-refractivity contribution is -0.120. The number of alkyl halides is 1. The average molecular weight is 296 g/mol. The maximum Gasteiger partial charge on any atom is 0.226 e. The molecule has 1 amide bonds. The van der Waals surface area contributed by atoms with Crippen molar-refractivity contribution < 1.29 is 4.79 Å². The molecule has 6 heteroatoms. The van der Waals surface area contributed by atoms with Crippen molar-refractivity contribution in [2.75, 3.05) is 6.54 Å². The molecule has 0 aliphatic heterocycles. The summed E-state index contributed by atoms with van der Waals surface area (Å²) in [5, 5.41) is 5.55. The molecular formula is C13H14ClN3OS. The normalized spacial score (nSPS) is 10.4. The number of halogens is 1. The SMILES string of the molecule is O=C(Cc1nc(CCl)cs1)NCCc1cccnc1. The summed E-state index contributed by atoms with van der Waals surface area (Å²) < 4.78 is 0. The number of hydrogen-bond acceptors (Lipinski definition) is 4. The molecule has 1 N–H and O–H groups in total. The largest absolute Gasteiger partial charge is 0.355 e. The number of aromatic nitrogens is 2. The minimum absolute atomic E-state index is 0.0145. The third-order valence-electron chi connectivity index (χ3n) is 2.51. The van der Waals surface area contributed by atoms with Gasteiger partial charge in [0, 0.05) is 24.3 Å². The van der Waals surface area contributed by atoms with Gasteiger partial charge in [-0.1, -0.05) is 6.07 Å². The van der Waals surface area contributed by atoms with E-state index in [1.54, 1.807) is 12.4 Å². The Morgan fingerprint density at radius 1 is 1.47 bits per heavy atom. The van der Waals surface area contributed by atoms with Gasteiger partial charge in [0.25, 0.3) is 0 Å². The second-order valence-electron chi connectivity index (χ2n) is 4.00. The maximum absolute atomic E-state index is 11.7. The van der Waals surface area contributed by atoms with Gasteiger partial charge in [0.2, 0.25) is 5.91 Å². The van der Waals surface area contributed by atoms with Crippen molar-refractivity contribution in [3.8, 4) is 0 Å². The van der Waals surface area contributed by atoms with E-state index in [9.17, 15) is 4.79 Å². The van der Waals surface area contributed by atoms with Crippen molar-refractivity contribution in [1.82, 2.24) is 15.3 Å². The van der Waals surface area contributed by atoms with Crippen LogP contribution in [0.2, 0.25) is 0 Å². The van der Waals surface area contributed by atoms with Gasteiger partial charge in [-0.3, -0.25) is 9.78 Å². The van der Waals surface area contributed by atoms with Gasteiger partial charge in [-0.05, 0) is 18.1 Å². The van der Waals surface area contributed by atoms with Crippen molar-refractivity contribution in [3.05, 3.63) is 46.2 Å². The number of carbonyl (C=O) groups excluding carboxylic acids is 1. The van der Waals surface area contributed by atoms with E-state index in [4.69, 9.17) is 11.6 Å². The monoisotopic (exact) mass is 295 g/mol. The van der Waals surface area contributed by atoms with E-state index in [2.05, 4.69) is 15.3 Å². The van der Waals surface area contributed by atoms with Crippen LogP contribution in [0.25, 0.3) is 0 Å². The Morgan fingerprint density at radius 3 is 3.05 bits per heavy atom. The topological polar surface area (TPSA) is 54.9 Å². The molecule has 19 heavy (non-hydrogen) atoms. The minimum atomic E-state index is -0.0145. The first-order valence-corrected chi connectivity index (χ1v) is 7.34. The van der Waals surface area contributed by atoms with Crippen molar-refractivity contribution in [2.45, 2.75) is 18.7 Å². The number of hydrogen-bond donors (Lipinski definition) is 1. The highest BCUT2D eigenvalue weighted by atomic mass is 35.5. The molecule has 0 fully saturated rings. The van der Waals surface area contributed by atoms with Gasteiger partial charge in [0.1, 0.15) is 5.01 Å². The van der Waals surface area contributed by atoms with Gasteiger partial charge >= 0.3 is 0 Å². The van der Waals surface area contributed by atoms with Crippen LogP contribution in [0.3, 0.4) is 0 Å². The van der Waals surface area contributed by atoms with E-state index >= 15 is 0 Å². The molecule has 0 aliphatic rings. The number of amides is 1. The van der Waals surface area contributed by atoms with E-state index < -0.39 is 0 Å². The van der Waals surface area contributed by atoms with Crippen LogP contribution in [0.5, 0.6) is 0 Å². The molecule has 100 valence electrons. The third-order valence-corrected chi connectivity index (χ3v) is 3.68. The van der Waals surface area contributed by atoms with Gasteiger partial charge in [-0.25, -0.2) is 4.98 Å². The van der Waals surface area contributed by atoms with Crippen LogP contribution < -0.4 is 5.32 Å². The number of nitrogens with zero attached hydrogens (tertiary/aromatic N) is 2. The summed E-state index contributed by atoms with van der Waals surface area (Å²) in [7, 11) is 0. The first-order chi connectivity index (χ1) is 9.28. The van der Waals surface area contributed by atoms with Crippen molar-refractivity contribution >= 4 is 28.8 Å². The number of thiazole rings is 1. The van der Waals surface area contributed by atoms with Gasteiger partial charge in [-0.15, -0.1) is 22.9 Å². The molecule has 0 aromatic carbocycles. The zero-order valence-corrected chi connectivity index (χ0v) is 11.9. The fraction of sp³-hybridized carbons (Fsp3) is 0.308. The van der Waals surface area contributed by atoms with Crippen LogP contribution in [0.15, 0.2) is 29.9 Å². The van der Waals surface area contributed by atoms with Crippen molar-refractivity contribution in [3.63, 3.8) is 0 Å². The standard InChI is InChI=1S/C13H14ClN3OS/c14-7-11-9-19-13(17-11)6-12(18)16-5-3-10-2-1-4-15-8-10/h1-2,4,8-9H,3,5-7H2,(H,16,18). The number of pyridine rings is 1. The fourth-order valence-electron chi connectivity index (χ4n) is 1.58. The summed E-state index contributed by atoms with van der Waals surface area (Å²) in [5.41, 5.74) is 1.94. The van der Waals surface area contributed by atoms with Crippen LogP contribution >= 0.6 is 22.9 Å². The minimum Gasteiger partial charge on any atom is -0.355 e. The highest BCUT2D eigenvalue weighted by Gasteiger charge is 2.07. The fourth-order valence-corrected chi connectivity index (χ4v) is 2.60. The highest BCUT2D eigenvalue weighted by Crippen LogP contribution is 2.11. The summed E-state index contributed by atoms with van der Waals surface area (Å²) in [5.74, 6) is 0.374. The summed E-state index contributed by atoms with van der Waals surface area (Å²) in [6.07, 6.45) is 4.64. The summed E-state index contributed by atoms with van der Waals surface area (Å²) >= 11 is 7.13. The Morgan fingerprint density at radius 2 is 2.37 bits per heavy atom. The molecule has 0 bridgehead atoms. The molecule has 0 unspecified atom stereocenters. The second kappa shape index (κ2) is 7.21. The molecule has 0 saturated carbocycles. The molecule has 0 spiro atoms. The Balaban J connectivity index is 1.73. The van der Waals surface area contributed by atoms with Crippen LogP contribution in [0, 0.1) is 0 Å². The quantitative estimate of drug-likeness (QED) is 0.831. The van der Waals surface area contributed by atoms with Gasteiger partial charge in [0.05, 0.1) is 18.0 Å². The predicted octanol–water partition coefficient (Wildman–Crippen LogP) is 2.18. The van der Waals surface area contributed by atoms with Crippen LogP contribution in [0.4, 0.5) is 0 Å². The smallest absolute Gasteiger partial charge is 0.226 e. The molecular weight excluding hydrogens is 282 g/mol. The van der Waals surface area contributed by atoms with Crippen molar-refractivity contribution in [2.24, 2.45) is 0 Å². The second-order valence-corrected chi connectivity index (χ2v) is 5.21. The molecule has 2 aromatic rings. The number of nitrogens with one attached hydrogen (secondary N) is 1. The summed E-state index contributed by atoms with van der Waals surface area (Å²) in [4.78, 5) is 20.0. The van der Waals surface area contributed by atoms with E-state index in [1.807, 2.05) is 17.5 Å². The molecule has 0 radical (unpaired) electrons. The zero-order chi connectivity index (χ0) is 13.5. The highest BCUT2D eigenvalue weighted by molar-refractivity contribution is 7.09. The maximum atomic E-state index is 11.7. The van der Waals surface area contributed by atoms with E-state index in [0.29, 0.717) is 18.8 Å². The van der Waals surface area contributed by atoms with Gasteiger partial charge in [-0.2, -0.15) is 0 Å². The molecule has 2 rings (SSSR count). The van der Waals surface area contributed by atoms with Gasteiger partial charge in [0.15, 0.2) is 0 Å². The van der Waals surface area contributed by atoms with E-state index in [-0.39, 0.29) is 5.91 Å². The summed E-state index contributed by atoms with van der Waals surface area (Å²) in [6.45, 7) is 0.609. The van der Waals surface area contributed by atoms with Gasteiger partial charge < -0.3 is 5.32 Å².